The summed E-state index contributed by atoms with van der Waals surface area (Å²) in [5.41, 5.74) is 0.650. The Morgan fingerprint density at radius 3 is 2.30 bits per heavy atom. The number of para-hydroxylation sites is 1. The molecule has 2 rings (SSSR count). The summed E-state index contributed by atoms with van der Waals surface area (Å²) in [6, 6.07) is 16.2. The predicted octanol–water partition coefficient (Wildman–Crippen LogP) is 3.57. The van der Waals surface area contributed by atoms with E-state index >= 15 is 0 Å². The topological polar surface area (TPSA) is 46.5 Å². The van der Waals surface area contributed by atoms with Crippen molar-refractivity contribution in [2.75, 3.05) is 0 Å². The zero-order chi connectivity index (χ0) is 14.6. The highest BCUT2D eigenvalue weighted by Crippen LogP contribution is 2.22. The van der Waals surface area contributed by atoms with Crippen LogP contribution in [-0.4, -0.2) is 16.7 Å². The van der Waals surface area contributed by atoms with Gasteiger partial charge in [0.2, 0.25) is 0 Å². The van der Waals surface area contributed by atoms with Crippen LogP contribution < -0.4 is 0 Å². The number of hydrogen-bond donors (Lipinski definition) is 1. The van der Waals surface area contributed by atoms with Crippen molar-refractivity contribution in [2.45, 2.75) is 25.9 Å². The highest BCUT2D eigenvalue weighted by Gasteiger charge is 2.25. The molecule has 0 fully saturated rings. The number of carbonyl (C=O) groups is 1. The molecular formula is C17H18O3. The van der Waals surface area contributed by atoms with Crippen molar-refractivity contribution in [3.63, 3.8) is 0 Å². The molecule has 3 nitrogen and oxygen atoms in total. The number of phenols is 1. The van der Waals surface area contributed by atoms with Crippen LogP contribution >= 0.6 is 0 Å². The van der Waals surface area contributed by atoms with E-state index < -0.39 is 11.6 Å². The Hall–Kier alpha value is -2.29. The summed E-state index contributed by atoms with van der Waals surface area (Å²) >= 11 is 0. The Morgan fingerprint density at radius 2 is 1.65 bits per heavy atom. The molecule has 0 spiro atoms. The number of aromatic hydroxyl groups is 1. The fourth-order valence-corrected chi connectivity index (χ4v) is 2.08. The van der Waals surface area contributed by atoms with E-state index in [1.54, 1.807) is 18.2 Å². The van der Waals surface area contributed by atoms with E-state index in [1.165, 1.54) is 6.07 Å². The van der Waals surface area contributed by atoms with Gasteiger partial charge in [-0.3, -0.25) is 0 Å². The third kappa shape index (κ3) is 3.60. The molecule has 0 aliphatic carbocycles. The molecule has 104 valence electrons. The lowest BCUT2D eigenvalue weighted by atomic mass is 9.98. The smallest absolute Gasteiger partial charge is 0.342 e. The molecule has 0 heterocycles. The van der Waals surface area contributed by atoms with Crippen LogP contribution in [0, 0.1) is 0 Å². The molecule has 0 saturated carbocycles. The number of rotatable bonds is 4. The van der Waals surface area contributed by atoms with E-state index in [-0.39, 0.29) is 11.3 Å². The fraction of sp³-hybridized carbons (Fsp3) is 0.235. The van der Waals surface area contributed by atoms with Gasteiger partial charge in [-0.2, -0.15) is 0 Å². The lowest BCUT2D eigenvalue weighted by molar-refractivity contribution is -0.000907. The molecule has 0 aliphatic rings. The first-order valence-corrected chi connectivity index (χ1v) is 6.53. The maximum Gasteiger partial charge on any atom is 0.342 e. The largest absolute Gasteiger partial charge is 0.507 e. The molecule has 1 N–H and O–H groups in total. The zero-order valence-electron chi connectivity index (χ0n) is 11.7. The number of benzene rings is 2. The van der Waals surface area contributed by atoms with Gasteiger partial charge in [0, 0.05) is 6.42 Å². The molecule has 0 amide bonds. The molecule has 0 bridgehead atoms. The van der Waals surface area contributed by atoms with Crippen molar-refractivity contribution < 1.29 is 14.6 Å². The molecule has 0 aromatic heterocycles. The van der Waals surface area contributed by atoms with Gasteiger partial charge in [-0.1, -0.05) is 42.5 Å². The van der Waals surface area contributed by atoms with E-state index in [0.29, 0.717) is 6.42 Å². The first-order chi connectivity index (χ1) is 9.48. The Labute approximate surface area is 118 Å². The maximum absolute atomic E-state index is 12.1. The lowest BCUT2D eigenvalue weighted by Gasteiger charge is -2.25. The molecule has 2 aromatic rings. The highest BCUT2D eigenvalue weighted by atomic mass is 16.6. The highest BCUT2D eigenvalue weighted by molar-refractivity contribution is 5.92. The first kappa shape index (κ1) is 14.1. The summed E-state index contributed by atoms with van der Waals surface area (Å²) in [6.07, 6.45) is 0.618. The number of ether oxygens (including phenoxy) is 1. The Bertz CT molecular complexity index is 588. The quantitative estimate of drug-likeness (QED) is 0.864. The van der Waals surface area contributed by atoms with Crippen LogP contribution in [0.1, 0.15) is 29.8 Å². The molecule has 0 atom stereocenters. The average Bonchev–Trinajstić information content (AvgIpc) is 2.39. The van der Waals surface area contributed by atoms with Gasteiger partial charge in [-0.05, 0) is 31.5 Å². The zero-order valence-corrected chi connectivity index (χ0v) is 11.7. The van der Waals surface area contributed by atoms with Crippen LogP contribution in [-0.2, 0) is 11.2 Å². The van der Waals surface area contributed by atoms with Crippen LogP contribution in [0.2, 0.25) is 0 Å². The Morgan fingerprint density at radius 1 is 1.05 bits per heavy atom. The molecule has 0 radical (unpaired) electrons. The summed E-state index contributed by atoms with van der Waals surface area (Å²) in [6.45, 7) is 3.72. The minimum Gasteiger partial charge on any atom is -0.507 e. The van der Waals surface area contributed by atoms with E-state index in [9.17, 15) is 9.90 Å². The summed E-state index contributed by atoms with van der Waals surface area (Å²) in [7, 11) is 0. The van der Waals surface area contributed by atoms with Crippen LogP contribution in [0.5, 0.6) is 5.75 Å². The standard InChI is InChI=1S/C17H18O3/c1-17(2,12-13-8-4-3-5-9-13)20-16(19)14-10-6-7-11-15(14)18/h3-11,18H,12H2,1-2H3. The molecule has 20 heavy (non-hydrogen) atoms. The third-order valence-corrected chi connectivity index (χ3v) is 2.97. The number of phenolic OH excluding ortho intramolecular Hbond substituents is 1. The number of hydrogen-bond acceptors (Lipinski definition) is 3. The molecule has 0 saturated heterocycles. The van der Waals surface area contributed by atoms with Crippen molar-refractivity contribution in [2.24, 2.45) is 0 Å². The summed E-state index contributed by atoms with van der Waals surface area (Å²) in [5, 5.41) is 9.67. The van der Waals surface area contributed by atoms with Gasteiger partial charge in [0.25, 0.3) is 0 Å². The predicted molar refractivity (Wildman–Crippen MR) is 77.7 cm³/mol. The van der Waals surface area contributed by atoms with Crippen LogP contribution in [0.15, 0.2) is 54.6 Å². The molecule has 0 aliphatic heterocycles. The van der Waals surface area contributed by atoms with Crippen molar-refractivity contribution in [3.05, 3.63) is 65.7 Å². The van der Waals surface area contributed by atoms with Crippen LogP contribution in [0.4, 0.5) is 0 Å². The van der Waals surface area contributed by atoms with Gasteiger partial charge in [0.05, 0.1) is 0 Å². The van der Waals surface area contributed by atoms with E-state index in [4.69, 9.17) is 4.74 Å². The second kappa shape index (κ2) is 5.78. The summed E-state index contributed by atoms with van der Waals surface area (Å²) in [5.74, 6) is -0.572. The van der Waals surface area contributed by atoms with Gasteiger partial charge in [0.15, 0.2) is 0 Å². The second-order valence-corrected chi connectivity index (χ2v) is 5.33. The SMILES string of the molecule is CC(C)(Cc1ccccc1)OC(=O)c1ccccc1O. The van der Waals surface area contributed by atoms with Gasteiger partial charge in [-0.15, -0.1) is 0 Å². The molecule has 0 unspecified atom stereocenters. The molecular weight excluding hydrogens is 252 g/mol. The second-order valence-electron chi connectivity index (χ2n) is 5.33. The van der Waals surface area contributed by atoms with E-state index in [0.717, 1.165) is 5.56 Å². The number of carbonyl (C=O) groups excluding carboxylic acids is 1. The normalized spacial score (nSPS) is 11.1. The average molecular weight is 270 g/mol. The maximum atomic E-state index is 12.1. The minimum atomic E-state index is -0.638. The third-order valence-electron chi connectivity index (χ3n) is 2.97. The van der Waals surface area contributed by atoms with Crippen LogP contribution in [0.3, 0.4) is 0 Å². The monoisotopic (exact) mass is 270 g/mol. The van der Waals surface area contributed by atoms with Gasteiger partial charge < -0.3 is 9.84 Å². The van der Waals surface area contributed by atoms with Crippen molar-refractivity contribution in [1.82, 2.24) is 0 Å². The van der Waals surface area contributed by atoms with Crippen molar-refractivity contribution >= 4 is 5.97 Å². The van der Waals surface area contributed by atoms with Crippen molar-refractivity contribution in [3.8, 4) is 5.75 Å². The fourth-order valence-electron chi connectivity index (χ4n) is 2.08. The van der Waals surface area contributed by atoms with Crippen molar-refractivity contribution in [1.29, 1.82) is 0 Å². The molecule has 3 heteroatoms. The van der Waals surface area contributed by atoms with Crippen LogP contribution in [0.25, 0.3) is 0 Å². The van der Waals surface area contributed by atoms with E-state index in [1.807, 2.05) is 44.2 Å². The molecule has 2 aromatic carbocycles. The minimum absolute atomic E-state index is 0.0620. The Balaban J connectivity index is 2.08. The Kier molecular flexibility index (Phi) is 4.08. The lowest BCUT2D eigenvalue weighted by Crippen LogP contribution is -2.30. The number of esters is 1. The van der Waals surface area contributed by atoms with Gasteiger partial charge in [-0.25, -0.2) is 4.79 Å². The first-order valence-electron chi connectivity index (χ1n) is 6.53. The van der Waals surface area contributed by atoms with E-state index in [2.05, 4.69) is 0 Å². The van der Waals surface area contributed by atoms with Gasteiger partial charge in [0.1, 0.15) is 16.9 Å². The summed E-state index contributed by atoms with van der Waals surface area (Å²) < 4.78 is 5.51. The summed E-state index contributed by atoms with van der Waals surface area (Å²) in [4.78, 5) is 12.1. The van der Waals surface area contributed by atoms with Gasteiger partial charge >= 0.3 is 5.97 Å².